The summed E-state index contributed by atoms with van der Waals surface area (Å²) in [6.45, 7) is 10.2. The van der Waals surface area contributed by atoms with Crippen LogP contribution in [0.2, 0.25) is 0 Å². The van der Waals surface area contributed by atoms with Gasteiger partial charge in [0.2, 0.25) is 0 Å². The quantitative estimate of drug-likeness (QED) is 0.761. The fraction of sp³-hybridized carbons (Fsp3) is 0.588. The second-order valence-electron chi connectivity index (χ2n) is 6.38. The van der Waals surface area contributed by atoms with Crippen LogP contribution in [-0.2, 0) is 0 Å². The second-order valence-corrected chi connectivity index (χ2v) is 6.38. The van der Waals surface area contributed by atoms with E-state index >= 15 is 0 Å². The van der Waals surface area contributed by atoms with E-state index in [1.165, 1.54) is 0 Å². The Kier molecular flexibility index (Phi) is 6.38. The number of nitrogens with one attached hydrogen (secondary N) is 1. The van der Waals surface area contributed by atoms with E-state index in [2.05, 4.69) is 39.1 Å². The van der Waals surface area contributed by atoms with Gasteiger partial charge >= 0.3 is 0 Å². The van der Waals surface area contributed by atoms with Gasteiger partial charge in [-0.05, 0) is 29.9 Å². The average molecular weight is 274 g/mol. The van der Waals surface area contributed by atoms with Gasteiger partial charge in [-0.2, -0.15) is 5.26 Å². The largest absolute Gasteiger partial charge is 0.491 e. The zero-order valence-electron chi connectivity index (χ0n) is 13.1. The van der Waals surface area contributed by atoms with Crippen molar-refractivity contribution in [3.63, 3.8) is 0 Å². The van der Waals surface area contributed by atoms with Gasteiger partial charge in [0.1, 0.15) is 5.75 Å². The first-order chi connectivity index (χ1) is 9.44. The zero-order valence-corrected chi connectivity index (χ0v) is 13.1. The molecule has 1 N–H and O–H groups in total. The standard InChI is InChI=1S/C17H26N2O/c1-14(2)12-20-16-9-6-5-8-15(16)19-13-17(3,4)10-7-11-18/h5-6,8-9,14,19H,7,10,12-13H2,1-4H3. The molecule has 3 nitrogen and oxygen atoms in total. The normalized spacial score (nSPS) is 11.2. The molecule has 0 aliphatic heterocycles. The van der Waals surface area contributed by atoms with E-state index in [-0.39, 0.29) is 5.41 Å². The summed E-state index contributed by atoms with van der Waals surface area (Å²) >= 11 is 0. The maximum Gasteiger partial charge on any atom is 0.142 e. The van der Waals surface area contributed by atoms with Crippen molar-refractivity contribution in [2.24, 2.45) is 11.3 Å². The zero-order chi connectivity index (χ0) is 15.0. The predicted molar refractivity (Wildman–Crippen MR) is 83.9 cm³/mol. The highest BCUT2D eigenvalue weighted by molar-refractivity contribution is 5.56. The summed E-state index contributed by atoms with van der Waals surface area (Å²) < 4.78 is 5.83. The van der Waals surface area contributed by atoms with Crippen LogP contribution in [0.3, 0.4) is 0 Å². The molecule has 0 spiro atoms. The van der Waals surface area contributed by atoms with Gasteiger partial charge in [0.05, 0.1) is 18.4 Å². The van der Waals surface area contributed by atoms with Crippen LogP contribution < -0.4 is 10.1 Å². The lowest BCUT2D eigenvalue weighted by Gasteiger charge is -2.25. The summed E-state index contributed by atoms with van der Waals surface area (Å²) in [6.07, 6.45) is 1.49. The van der Waals surface area contributed by atoms with E-state index in [0.717, 1.165) is 31.0 Å². The van der Waals surface area contributed by atoms with Crippen LogP contribution in [0.25, 0.3) is 0 Å². The summed E-state index contributed by atoms with van der Waals surface area (Å²) in [6, 6.07) is 10.2. The molecule has 0 unspecified atom stereocenters. The first kappa shape index (κ1) is 16.4. The Hall–Kier alpha value is -1.69. The summed E-state index contributed by atoms with van der Waals surface area (Å²) in [5.74, 6) is 1.41. The highest BCUT2D eigenvalue weighted by Gasteiger charge is 2.17. The number of ether oxygens (including phenoxy) is 1. The monoisotopic (exact) mass is 274 g/mol. The number of nitriles is 1. The van der Waals surface area contributed by atoms with Crippen molar-refractivity contribution in [2.75, 3.05) is 18.5 Å². The minimum atomic E-state index is 0.0981. The summed E-state index contributed by atoms with van der Waals surface area (Å²) in [7, 11) is 0. The molecular formula is C17H26N2O. The molecular weight excluding hydrogens is 248 g/mol. The highest BCUT2D eigenvalue weighted by atomic mass is 16.5. The van der Waals surface area contributed by atoms with Crippen molar-refractivity contribution >= 4 is 5.69 Å². The van der Waals surface area contributed by atoms with Crippen molar-refractivity contribution in [2.45, 2.75) is 40.5 Å². The van der Waals surface area contributed by atoms with E-state index in [9.17, 15) is 0 Å². The molecule has 1 rings (SSSR count). The molecule has 3 heteroatoms. The fourth-order valence-electron chi connectivity index (χ4n) is 1.81. The third-order valence-corrected chi connectivity index (χ3v) is 3.13. The van der Waals surface area contributed by atoms with Crippen LogP contribution in [0.5, 0.6) is 5.75 Å². The van der Waals surface area contributed by atoms with Gasteiger partial charge in [0, 0.05) is 13.0 Å². The van der Waals surface area contributed by atoms with E-state index in [1.807, 2.05) is 24.3 Å². The lowest BCUT2D eigenvalue weighted by Crippen LogP contribution is -2.23. The molecule has 0 aliphatic carbocycles. The molecule has 20 heavy (non-hydrogen) atoms. The van der Waals surface area contributed by atoms with E-state index in [0.29, 0.717) is 12.3 Å². The molecule has 0 saturated heterocycles. The molecule has 0 aromatic heterocycles. The van der Waals surface area contributed by atoms with Crippen molar-refractivity contribution < 1.29 is 4.74 Å². The van der Waals surface area contributed by atoms with Gasteiger partial charge in [0.15, 0.2) is 0 Å². The number of nitrogens with zero attached hydrogens (tertiary/aromatic N) is 1. The first-order valence-electron chi connectivity index (χ1n) is 7.27. The van der Waals surface area contributed by atoms with Crippen molar-refractivity contribution in [3.05, 3.63) is 24.3 Å². The van der Waals surface area contributed by atoms with Crippen molar-refractivity contribution in [3.8, 4) is 11.8 Å². The third-order valence-electron chi connectivity index (χ3n) is 3.13. The minimum absolute atomic E-state index is 0.0981. The van der Waals surface area contributed by atoms with Crippen LogP contribution in [0, 0.1) is 22.7 Å². The van der Waals surface area contributed by atoms with Crippen LogP contribution in [0.15, 0.2) is 24.3 Å². The molecule has 110 valence electrons. The number of rotatable bonds is 8. The van der Waals surface area contributed by atoms with Crippen LogP contribution in [0.1, 0.15) is 40.5 Å². The molecule has 0 aliphatic rings. The number of anilines is 1. The molecule has 0 fully saturated rings. The molecule has 1 aromatic rings. The van der Waals surface area contributed by atoms with Crippen LogP contribution >= 0.6 is 0 Å². The highest BCUT2D eigenvalue weighted by Crippen LogP contribution is 2.28. The Morgan fingerprint density at radius 3 is 2.65 bits per heavy atom. The lowest BCUT2D eigenvalue weighted by atomic mass is 9.88. The Morgan fingerprint density at radius 2 is 2.00 bits per heavy atom. The number of para-hydroxylation sites is 2. The van der Waals surface area contributed by atoms with Gasteiger partial charge in [-0.1, -0.05) is 39.8 Å². The van der Waals surface area contributed by atoms with Gasteiger partial charge in [-0.25, -0.2) is 0 Å². The van der Waals surface area contributed by atoms with Gasteiger partial charge < -0.3 is 10.1 Å². The predicted octanol–water partition coefficient (Wildman–Crippen LogP) is 4.46. The Morgan fingerprint density at radius 1 is 1.30 bits per heavy atom. The average Bonchev–Trinajstić information content (AvgIpc) is 2.41. The smallest absolute Gasteiger partial charge is 0.142 e. The van der Waals surface area contributed by atoms with E-state index in [1.54, 1.807) is 0 Å². The van der Waals surface area contributed by atoms with Crippen molar-refractivity contribution in [1.82, 2.24) is 0 Å². The Bertz CT molecular complexity index is 447. The molecule has 1 aromatic carbocycles. The van der Waals surface area contributed by atoms with Gasteiger partial charge in [-0.15, -0.1) is 0 Å². The maximum absolute atomic E-state index is 8.69. The van der Waals surface area contributed by atoms with Gasteiger partial charge in [-0.3, -0.25) is 0 Å². The Labute approximate surface area is 123 Å². The first-order valence-corrected chi connectivity index (χ1v) is 7.27. The summed E-state index contributed by atoms with van der Waals surface area (Å²) in [5, 5.41) is 12.1. The summed E-state index contributed by atoms with van der Waals surface area (Å²) in [4.78, 5) is 0. The number of hydrogen-bond acceptors (Lipinski definition) is 3. The lowest BCUT2D eigenvalue weighted by molar-refractivity contribution is 0.272. The maximum atomic E-state index is 8.69. The molecule has 0 radical (unpaired) electrons. The molecule has 0 bridgehead atoms. The topological polar surface area (TPSA) is 45.0 Å². The molecule has 0 amide bonds. The summed E-state index contributed by atoms with van der Waals surface area (Å²) in [5.41, 5.74) is 1.12. The second kappa shape index (κ2) is 7.79. The van der Waals surface area contributed by atoms with Crippen molar-refractivity contribution in [1.29, 1.82) is 5.26 Å². The SMILES string of the molecule is CC(C)COc1ccccc1NCC(C)(C)CCC#N. The van der Waals surface area contributed by atoms with E-state index in [4.69, 9.17) is 10.00 Å². The number of hydrogen-bond donors (Lipinski definition) is 1. The van der Waals surface area contributed by atoms with Crippen LogP contribution in [-0.4, -0.2) is 13.2 Å². The molecule has 0 heterocycles. The minimum Gasteiger partial charge on any atom is -0.491 e. The fourth-order valence-corrected chi connectivity index (χ4v) is 1.81. The van der Waals surface area contributed by atoms with Gasteiger partial charge in [0.25, 0.3) is 0 Å². The molecule has 0 atom stereocenters. The number of benzene rings is 1. The Balaban J connectivity index is 2.61. The molecule has 0 saturated carbocycles. The third kappa shape index (κ3) is 5.97. The van der Waals surface area contributed by atoms with Crippen LogP contribution in [0.4, 0.5) is 5.69 Å². The van der Waals surface area contributed by atoms with E-state index < -0.39 is 0 Å².